The van der Waals surface area contributed by atoms with Crippen LogP contribution in [0.15, 0.2) is 59.4 Å². The quantitative estimate of drug-likeness (QED) is 0.688. The van der Waals surface area contributed by atoms with Gasteiger partial charge in [-0.1, -0.05) is 29.8 Å². The van der Waals surface area contributed by atoms with Crippen molar-refractivity contribution < 1.29 is 14.3 Å². The lowest BCUT2D eigenvalue weighted by atomic mass is 10.1. The molecule has 0 spiro atoms. The third-order valence-corrected chi connectivity index (χ3v) is 4.25. The minimum absolute atomic E-state index is 0.176. The number of amides is 1. The van der Waals surface area contributed by atoms with Crippen molar-refractivity contribution in [3.8, 4) is 16.9 Å². The highest BCUT2D eigenvalue weighted by atomic mass is 35.5. The SMILES string of the molecule is C[C@@H](CO)NC(=O)c1cc(-c2ccc(Cl)cc2)nn(-c2cccc(F)c2)c1=O. The van der Waals surface area contributed by atoms with Gasteiger partial charge in [-0.3, -0.25) is 9.59 Å². The Kier molecular flexibility index (Phi) is 5.87. The predicted octanol–water partition coefficient (Wildman–Crippen LogP) is 2.80. The number of nitrogens with zero attached hydrogens (tertiary/aromatic N) is 2. The molecule has 0 aliphatic heterocycles. The van der Waals surface area contributed by atoms with E-state index in [4.69, 9.17) is 16.7 Å². The van der Waals surface area contributed by atoms with Crippen molar-refractivity contribution >= 4 is 17.5 Å². The number of benzene rings is 2. The summed E-state index contributed by atoms with van der Waals surface area (Å²) >= 11 is 5.92. The highest BCUT2D eigenvalue weighted by Crippen LogP contribution is 2.20. The van der Waals surface area contributed by atoms with Gasteiger partial charge in [0.25, 0.3) is 11.5 Å². The van der Waals surface area contributed by atoms with Gasteiger partial charge in [-0.15, -0.1) is 0 Å². The Hall–Kier alpha value is -3.03. The van der Waals surface area contributed by atoms with E-state index in [1.807, 2.05) is 0 Å². The minimum Gasteiger partial charge on any atom is -0.394 e. The Bertz CT molecular complexity index is 1070. The molecule has 28 heavy (non-hydrogen) atoms. The monoisotopic (exact) mass is 401 g/mol. The third kappa shape index (κ3) is 4.27. The van der Waals surface area contributed by atoms with Crippen LogP contribution >= 0.6 is 11.6 Å². The molecule has 0 bridgehead atoms. The van der Waals surface area contributed by atoms with E-state index in [0.29, 0.717) is 16.3 Å². The Morgan fingerprint density at radius 2 is 1.96 bits per heavy atom. The number of hydrogen-bond acceptors (Lipinski definition) is 4. The van der Waals surface area contributed by atoms with E-state index in [1.54, 1.807) is 31.2 Å². The summed E-state index contributed by atoms with van der Waals surface area (Å²) in [6.07, 6.45) is 0. The Balaban J connectivity index is 2.19. The Labute approximate surface area is 165 Å². The van der Waals surface area contributed by atoms with Gasteiger partial charge in [0.1, 0.15) is 11.4 Å². The molecule has 6 nitrogen and oxygen atoms in total. The highest BCUT2D eigenvalue weighted by molar-refractivity contribution is 6.30. The average molecular weight is 402 g/mol. The molecule has 8 heteroatoms. The average Bonchev–Trinajstić information content (AvgIpc) is 2.68. The van der Waals surface area contributed by atoms with Crippen LogP contribution < -0.4 is 10.9 Å². The molecule has 3 rings (SSSR count). The zero-order valence-electron chi connectivity index (χ0n) is 14.9. The summed E-state index contributed by atoms with van der Waals surface area (Å²) in [7, 11) is 0. The van der Waals surface area contributed by atoms with Crippen LogP contribution in [0.25, 0.3) is 16.9 Å². The van der Waals surface area contributed by atoms with Crippen molar-refractivity contribution in [2.75, 3.05) is 6.61 Å². The second-order valence-electron chi connectivity index (χ2n) is 6.20. The standard InChI is InChI=1S/C20H17ClFN3O3/c1-12(11-26)23-19(27)17-10-18(13-5-7-14(21)8-6-13)24-25(20(17)28)16-4-2-3-15(22)9-16/h2-10,12,26H,11H2,1H3,(H,23,27)/t12-/m0/s1. The molecule has 0 aliphatic rings. The Morgan fingerprint density at radius 3 is 2.61 bits per heavy atom. The van der Waals surface area contributed by atoms with E-state index >= 15 is 0 Å². The first kappa shape index (κ1) is 19.7. The number of halogens is 2. The van der Waals surface area contributed by atoms with Gasteiger partial charge in [0.05, 0.1) is 18.0 Å². The molecular formula is C20H17ClFN3O3. The van der Waals surface area contributed by atoms with E-state index in [-0.39, 0.29) is 17.9 Å². The second kappa shape index (κ2) is 8.33. The molecule has 2 N–H and O–H groups in total. The van der Waals surface area contributed by atoms with E-state index < -0.39 is 23.3 Å². The lowest BCUT2D eigenvalue weighted by Gasteiger charge is -2.13. The van der Waals surface area contributed by atoms with Gasteiger partial charge in [-0.05, 0) is 43.3 Å². The zero-order chi connectivity index (χ0) is 20.3. The fourth-order valence-electron chi connectivity index (χ4n) is 2.55. The molecule has 1 atom stereocenters. The fraction of sp³-hybridized carbons (Fsp3) is 0.150. The number of aliphatic hydroxyl groups is 1. The van der Waals surface area contributed by atoms with Crippen LogP contribution in [-0.4, -0.2) is 33.4 Å². The van der Waals surface area contributed by atoms with Crippen molar-refractivity contribution in [1.29, 1.82) is 0 Å². The second-order valence-corrected chi connectivity index (χ2v) is 6.64. The van der Waals surface area contributed by atoms with Gasteiger partial charge in [-0.2, -0.15) is 9.78 Å². The lowest BCUT2D eigenvalue weighted by molar-refractivity contribution is 0.0920. The molecule has 1 aromatic heterocycles. The molecule has 2 aromatic carbocycles. The normalized spacial score (nSPS) is 11.9. The van der Waals surface area contributed by atoms with Crippen LogP contribution in [0.5, 0.6) is 0 Å². The summed E-state index contributed by atoms with van der Waals surface area (Å²) < 4.78 is 14.6. The van der Waals surface area contributed by atoms with Crippen molar-refractivity contribution in [2.24, 2.45) is 0 Å². The van der Waals surface area contributed by atoms with Gasteiger partial charge < -0.3 is 10.4 Å². The summed E-state index contributed by atoms with van der Waals surface area (Å²) in [4.78, 5) is 25.4. The van der Waals surface area contributed by atoms with Crippen LogP contribution in [0.3, 0.4) is 0 Å². The van der Waals surface area contributed by atoms with Crippen LogP contribution in [0.4, 0.5) is 4.39 Å². The number of aromatic nitrogens is 2. The first-order chi connectivity index (χ1) is 13.4. The number of rotatable bonds is 5. The first-order valence-corrected chi connectivity index (χ1v) is 8.85. The molecule has 1 heterocycles. The highest BCUT2D eigenvalue weighted by Gasteiger charge is 2.19. The number of aliphatic hydroxyl groups excluding tert-OH is 1. The molecular weight excluding hydrogens is 385 g/mol. The molecule has 0 unspecified atom stereocenters. The molecule has 0 fully saturated rings. The van der Waals surface area contributed by atoms with Gasteiger partial charge >= 0.3 is 0 Å². The number of carbonyl (C=O) groups excluding carboxylic acids is 1. The molecule has 3 aromatic rings. The Morgan fingerprint density at radius 1 is 1.25 bits per heavy atom. The topological polar surface area (TPSA) is 84.2 Å². The van der Waals surface area contributed by atoms with Gasteiger partial charge in [0.2, 0.25) is 0 Å². The van der Waals surface area contributed by atoms with Gasteiger partial charge in [-0.25, -0.2) is 4.39 Å². The molecule has 0 saturated carbocycles. The molecule has 144 valence electrons. The minimum atomic E-state index is -0.703. The van der Waals surface area contributed by atoms with Crippen LogP contribution in [0.2, 0.25) is 5.02 Å². The zero-order valence-corrected chi connectivity index (χ0v) is 15.7. The summed E-state index contributed by atoms with van der Waals surface area (Å²) in [6.45, 7) is 1.32. The maximum Gasteiger partial charge on any atom is 0.284 e. The number of carbonyl (C=O) groups is 1. The van der Waals surface area contributed by atoms with Gasteiger partial charge in [0.15, 0.2) is 0 Å². The number of nitrogens with one attached hydrogen (secondary N) is 1. The predicted molar refractivity (Wildman–Crippen MR) is 104 cm³/mol. The van der Waals surface area contributed by atoms with Crippen LogP contribution in [0.1, 0.15) is 17.3 Å². The van der Waals surface area contributed by atoms with E-state index in [9.17, 15) is 14.0 Å². The fourth-order valence-corrected chi connectivity index (χ4v) is 2.67. The molecule has 1 amide bonds. The van der Waals surface area contributed by atoms with Crippen molar-refractivity contribution in [2.45, 2.75) is 13.0 Å². The maximum absolute atomic E-state index is 13.7. The summed E-state index contributed by atoms with van der Waals surface area (Å²) in [6, 6.07) is 12.9. The van der Waals surface area contributed by atoms with Crippen molar-refractivity contribution in [3.63, 3.8) is 0 Å². The summed E-state index contributed by atoms with van der Waals surface area (Å²) in [5.74, 6) is -1.20. The van der Waals surface area contributed by atoms with E-state index in [0.717, 1.165) is 10.7 Å². The first-order valence-electron chi connectivity index (χ1n) is 8.47. The largest absolute Gasteiger partial charge is 0.394 e. The summed E-state index contributed by atoms with van der Waals surface area (Å²) in [5, 5.41) is 16.5. The molecule has 0 aliphatic carbocycles. The van der Waals surface area contributed by atoms with Crippen molar-refractivity contribution in [3.05, 3.63) is 81.4 Å². The molecule has 0 radical (unpaired) electrons. The van der Waals surface area contributed by atoms with E-state index in [1.165, 1.54) is 24.3 Å². The van der Waals surface area contributed by atoms with Crippen molar-refractivity contribution in [1.82, 2.24) is 15.1 Å². The van der Waals surface area contributed by atoms with Crippen LogP contribution in [-0.2, 0) is 0 Å². The lowest BCUT2D eigenvalue weighted by Crippen LogP contribution is -2.39. The maximum atomic E-state index is 13.7. The molecule has 0 saturated heterocycles. The third-order valence-electron chi connectivity index (χ3n) is 4.00. The summed E-state index contributed by atoms with van der Waals surface area (Å²) in [5.41, 5.74) is 0.265. The van der Waals surface area contributed by atoms with E-state index in [2.05, 4.69) is 10.4 Å². The smallest absolute Gasteiger partial charge is 0.284 e. The van der Waals surface area contributed by atoms with Gasteiger partial charge in [0, 0.05) is 16.6 Å². The van der Waals surface area contributed by atoms with Crippen LogP contribution in [0, 0.1) is 5.82 Å². The number of hydrogen-bond donors (Lipinski definition) is 2.